The highest BCUT2D eigenvalue weighted by atomic mass is 14.7. The lowest BCUT2D eigenvalue weighted by Gasteiger charge is -2.05. The van der Waals surface area contributed by atoms with Crippen LogP contribution in [0.2, 0.25) is 0 Å². The Bertz CT molecular complexity index is 243. The van der Waals surface area contributed by atoms with Gasteiger partial charge >= 0.3 is 0 Å². The third kappa shape index (κ3) is 3.17. The maximum Gasteiger partial charge on any atom is 0.0435 e. The summed E-state index contributed by atoms with van der Waals surface area (Å²) >= 11 is 0. The Morgan fingerprint density at radius 2 is 2.08 bits per heavy atom. The minimum absolute atomic E-state index is 1.11. The van der Waals surface area contributed by atoms with E-state index in [0.29, 0.717) is 0 Å². The molecule has 0 saturated carbocycles. The van der Waals surface area contributed by atoms with E-state index in [-0.39, 0.29) is 0 Å². The molecule has 1 heterocycles. The van der Waals surface area contributed by atoms with Gasteiger partial charge in [-0.15, -0.1) is 0 Å². The fourth-order valence-electron chi connectivity index (χ4n) is 1.56. The minimum Gasteiger partial charge on any atom is -0.261 e. The number of nitrogens with zero attached hydrogens (tertiary/aromatic N) is 1. The predicted molar refractivity (Wildman–Crippen MR) is 56.8 cm³/mol. The number of pyridine rings is 1. The number of hydrogen-bond acceptors (Lipinski definition) is 1. The number of aryl methyl sites for hydroxylation is 2. The van der Waals surface area contributed by atoms with Crippen LogP contribution in [-0.2, 0) is 12.8 Å². The molecule has 1 aromatic rings. The van der Waals surface area contributed by atoms with Crippen molar-refractivity contribution >= 4 is 0 Å². The van der Waals surface area contributed by atoms with Crippen molar-refractivity contribution in [3.05, 3.63) is 29.6 Å². The number of hydrogen-bond donors (Lipinski definition) is 0. The van der Waals surface area contributed by atoms with E-state index < -0.39 is 0 Å². The monoisotopic (exact) mass is 177 g/mol. The molecule has 0 radical (unpaired) electrons. The molecule has 0 spiro atoms. The van der Waals surface area contributed by atoms with Gasteiger partial charge in [0.1, 0.15) is 0 Å². The van der Waals surface area contributed by atoms with Gasteiger partial charge in [0.15, 0.2) is 0 Å². The summed E-state index contributed by atoms with van der Waals surface area (Å²) in [6.45, 7) is 4.43. The van der Waals surface area contributed by atoms with Crippen LogP contribution in [0.4, 0.5) is 0 Å². The van der Waals surface area contributed by atoms with Crippen LogP contribution in [0.1, 0.15) is 44.4 Å². The highest BCUT2D eigenvalue weighted by molar-refractivity contribution is 5.19. The number of unbranched alkanes of at least 4 members (excludes halogenated alkanes) is 2. The van der Waals surface area contributed by atoms with Gasteiger partial charge in [0.2, 0.25) is 0 Å². The van der Waals surface area contributed by atoms with Gasteiger partial charge in [-0.25, -0.2) is 0 Å². The molecule has 0 fully saturated rings. The molecule has 1 heteroatoms. The Kier molecular flexibility index (Phi) is 4.52. The van der Waals surface area contributed by atoms with Gasteiger partial charge in [-0.1, -0.05) is 32.8 Å². The third-order valence-corrected chi connectivity index (χ3v) is 2.38. The average molecular weight is 177 g/mol. The molecule has 0 bridgehead atoms. The van der Waals surface area contributed by atoms with Crippen LogP contribution >= 0.6 is 0 Å². The standard InChI is InChI=1S/C12H19N/c1-3-5-6-9-12-11(4-2)8-7-10-13-12/h7-8,10H,3-6,9H2,1-2H3. The van der Waals surface area contributed by atoms with E-state index in [9.17, 15) is 0 Å². The Balaban J connectivity index is 2.54. The molecule has 0 N–H and O–H groups in total. The summed E-state index contributed by atoms with van der Waals surface area (Å²) in [4.78, 5) is 4.42. The lowest BCUT2D eigenvalue weighted by atomic mass is 10.1. The molecular weight excluding hydrogens is 158 g/mol. The molecule has 1 aromatic heterocycles. The summed E-state index contributed by atoms with van der Waals surface area (Å²) in [5.41, 5.74) is 2.72. The van der Waals surface area contributed by atoms with E-state index in [0.717, 1.165) is 12.8 Å². The number of rotatable bonds is 5. The topological polar surface area (TPSA) is 12.9 Å². The summed E-state index contributed by atoms with van der Waals surface area (Å²) < 4.78 is 0. The van der Waals surface area contributed by atoms with Crippen LogP contribution in [-0.4, -0.2) is 4.98 Å². The molecule has 0 amide bonds. The predicted octanol–water partition coefficient (Wildman–Crippen LogP) is 3.38. The van der Waals surface area contributed by atoms with Crippen molar-refractivity contribution in [3.63, 3.8) is 0 Å². The Morgan fingerprint density at radius 1 is 1.23 bits per heavy atom. The largest absolute Gasteiger partial charge is 0.261 e. The van der Waals surface area contributed by atoms with Crippen LogP contribution < -0.4 is 0 Å². The van der Waals surface area contributed by atoms with Crippen molar-refractivity contribution < 1.29 is 0 Å². The molecule has 72 valence electrons. The maximum atomic E-state index is 4.42. The van der Waals surface area contributed by atoms with Crippen LogP contribution in [0.5, 0.6) is 0 Å². The minimum atomic E-state index is 1.11. The van der Waals surface area contributed by atoms with Gasteiger partial charge in [-0.2, -0.15) is 0 Å². The maximum absolute atomic E-state index is 4.42. The molecule has 0 atom stereocenters. The molecule has 0 aliphatic carbocycles. The van der Waals surface area contributed by atoms with E-state index in [1.54, 1.807) is 0 Å². The van der Waals surface area contributed by atoms with E-state index in [1.807, 2.05) is 12.3 Å². The van der Waals surface area contributed by atoms with Crippen LogP contribution in [0.3, 0.4) is 0 Å². The second-order valence-electron chi connectivity index (χ2n) is 3.42. The summed E-state index contributed by atoms with van der Waals surface area (Å²) in [6, 6.07) is 4.22. The van der Waals surface area contributed by atoms with E-state index >= 15 is 0 Å². The number of aromatic nitrogens is 1. The van der Waals surface area contributed by atoms with Gasteiger partial charge in [-0.05, 0) is 30.9 Å². The van der Waals surface area contributed by atoms with Gasteiger partial charge in [0.25, 0.3) is 0 Å². The summed E-state index contributed by atoms with van der Waals surface area (Å²) in [6.07, 6.45) is 8.04. The second-order valence-corrected chi connectivity index (χ2v) is 3.42. The first-order valence-corrected chi connectivity index (χ1v) is 5.31. The summed E-state index contributed by atoms with van der Waals surface area (Å²) in [5, 5.41) is 0. The van der Waals surface area contributed by atoms with Crippen molar-refractivity contribution in [2.75, 3.05) is 0 Å². The smallest absolute Gasteiger partial charge is 0.0435 e. The first kappa shape index (κ1) is 10.2. The molecule has 13 heavy (non-hydrogen) atoms. The molecule has 0 saturated heterocycles. The highest BCUT2D eigenvalue weighted by Crippen LogP contribution is 2.10. The van der Waals surface area contributed by atoms with E-state index in [1.165, 1.54) is 30.5 Å². The first-order valence-electron chi connectivity index (χ1n) is 5.31. The molecule has 0 unspecified atom stereocenters. The van der Waals surface area contributed by atoms with Gasteiger partial charge in [0, 0.05) is 11.9 Å². The van der Waals surface area contributed by atoms with Crippen LogP contribution in [0.25, 0.3) is 0 Å². The van der Waals surface area contributed by atoms with E-state index in [4.69, 9.17) is 0 Å². The lowest BCUT2D eigenvalue weighted by molar-refractivity contribution is 0.702. The SMILES string of the molecule is CCCCCc1ncccc1CC. The van der Waals surface area contributed by atoms with Crippen molar-refractivity contribution in [1.29, 1.82) is 0 Å². The Hall–Kier alpha value is -0.850. The Labute approximate surface area is 81.2 Å². The molecular formula is C12H19N. The van der Waals surface area contributed by atoms with E-state index in [2.05, 4.69) is 24.9 Å². The zero-order chi connectivity index (χ0) is 9.52. The molecule has 0 aromatic carbocycles. The average Bonchev–Trinajstić information content (AvgIpc) is 2.19. The second kappa shape index (κ2) is 5.74. The molecule has 1 rings (SSSR count). The van der Waals surface area contributed by atoms with Crippen molar-refractivity contribution in [1.82, 2.24) is 4.98 Å². The van der Waals surface area contributed by atoms with Crippen molar-refractivity contribution in [2.45, 2.75) is 46.0 Å². The fraction of sp³-hybridized carbons (Fsp3) is 0.583. The molecule has 1 nitrogen and oxygen atoms in total. The summed E-state index contributed by atoms with van der Waals surface area (Å²) in [7, 11) is 0. The quantitative estimate of drug-likeness (QED) is 0.628. The normalized spacial score (nSPS) is 10.3. The highest BCUT2D eigenvalue weighted by Gasteiger charge is 1.99. The zero-order valence-electron chi connectivity index (χ0n) is 8.71. The molecule has 0 aliphatic heterocycles. The van der Waals surface area contributed by atoms with Crippen LogP contribution in [0.15, 0.2) is 18.3 Å². The van der Waals surface area contributed by atoms with Gasteiger partial charge < -0.3 is 0 Å². The lowest BCUT2D eigenvalue weighted by Crippen LogP contribution is -1.96. The van der Waals surface area contributed by atoms with Gasteiger partial charge in [-0.3, -0.25) is 4.98 Å². The van der Waals surface area contributed by atoms with Crippen LogP contribution in [0, 0.1) is 0 Å². The van der Waals surface area contributed by atoms with Crippen molar-refractivity contribution in [3.8, 4) is 0 Å². The zero-order valence-corrected chi connectivity index (χ0v) is 8.71. The Morgan fingerprint density at radius 3 is 2.77 bits per heavy atom. The summed E-state index contributed by atoms with van der Waals surface area (Å²) in [5.74, 6) is 0. The third-order valence-electron chi connectivity index (χ3n) is 2.38. The first-order chi connectivity index (χ1) is 6.38. The van der Waals surface area contributed by atoms with Crippen molar-refractivity contribution in [2.24, 2.45) is 0 Å². The van der Waals surface area contributed by atoms with Gasteiger partial charge in [0.05, 0.1) is 0 Å². The fourth-order valence-corrected chi connectivity index (χ4v) is 1.56. The molecule has 0 aliphatic rings.